The number of phosphoric ester groups is 2. The topological polar surface area (TPSA) is 237 Å². The van der Waals surface area contributed by atoms with Crippen LogP contribution in [0.1, 0.15) is 323 Å². The van der Waals surface area contributed by atoms with E-state index in [4.69, 9.17) is 37.0 Å². The molecule has 0 radical (unpaired) electrons. The number of phosphoric acid groups is 2. The lowest BCUT2D eigenvalue weighted by molar-refractivity contribution is -0.161. The highest BCUT2D eigenvalue weighted by atomic mass is 31.2. The van der Waals surface area contributed by atoms with Crippen LogP contribution in [-0.4, -0.2) is 96.7 Å². The molecular formula is C85H144O17P2. The molecule has 0 amide bonds. The monoisotopic (exact) mass is 1500 g/mol. The predicted octanol–water partition coefficient (Wildman–Crippen LogP) is 23.7. The van der Waals surface area contributed by atoms with Gasteiger partial charge < -0.3 is 33.8 Å². The van der Waals surface area contributed by atoms with Gasteiger partial charge in [-0.15, -0.1) is 0 Å². The highest BCUT2D eigenvalue weighted by Gasteiger charge is 2.30. The molecule has 0 saturated heterocycles. The van der Waals surface area contributed by atoms with Crippen LogP contribution in [-0.2, 0) is 65.4 Å². The standard InChI is InChI=1S/C85H144O17P2/c1-5-9-13-17-21-25-29-33-36-38-39-41-44-47-50-54-58-62-66-70-83(88)96-76-81(102-85(90)72-68-64-60-56-52-48-42-35-31-27-23-19-15-11-7-3)78-100-104(93,94)98-74-79(86)73-97-103(91,92)99-77-80(101-84(89)71-67-63-59-55-51-45-32-28-24-20-16-12-8-4)75-95-82(87)69-65-61-57-53-49-46-43-40-37-34-30-26-22-18-14-10-6-2/h9-10,13-14,21-23,25-28,32-37,39,41-43,46,79-81,86H,5-8,11-12,15-20,24,29-31,38,40,44-45,47-78H2,1-4H3,(H,91,92)(H,93,94)/b13-9-,14-10-,25-21-,26-22-,27-23-,32-28-,36-33-,37-34-,41-39-,42-35-,46-43-. The third-order valence-corrected chi connectivity index (χ3v) is 18.5. The van der Waals surface area contributed by atoms with Crippen molar-refractivity contribution in [2.24, 2.45) is 0 Å². The van der Waals surface area contributed by atoms with E-state index in [1.807, 2.05) is 0 Å². The van der Waals surface area contributed by atoms with E-state index in [1.165, 1.54) is 44.9 Å². The van der Waals surface area contributed by atoms with Gasteiger partial charge in [-0.1, -0.05) is 271 Å². The Balaban J connectivity index is 5.39. The van der Waals surface area contributed by atoms with Crippen LogP contribution in [0.3, 0.4) is 0 Å². The summed E-state index contributed by atoms with van der Waals surface area (Å²) in [7, 11) is -9.98. The molecular weight excluding hydrogens is 1350 g/mol. The quantitative estimate of drug-likeness (QED) is 0.0169. The van der Waals surface area contributed by atoms with Gasteiger partial charge in [0, 0.05) is 25.7 Å². The first-order chi connectivity index (χ1) is 50.7. The summed E-state index contributed by atoms with van der Waals surface area (Å²) in [5.41, 5.74) is 0. The van der Waals surface area contributed by atoms with Gasteiger partial charge in [0.05, 0.1) is 26.4 Å². The molecule has 0 fully saturated rings. The molecule has 0 saturated carbocycles. The summed E-state index contributed by atoms with van der Waals surface area (Å²) in [5.74, 6) is -2.24. The molecule has 0 heterocycles. The minimum atomic E-state index is -4.99. The molecule has 0 spiro atoms. The van der Waals surface area contributed by atoms with Crippen LogP contribution in [0.15, 0.2) is 134 Å². The van der Waals surface area contributed by atoms with E-state index in [0.29, 0.717) is 25.7 Å². The maximum absolute atomic E-state index is 13.1. The van der Waals surface area contributed by atoms with Crippen molar-refractivity contribution < 1.29 is 80.2 Å². The molecule has 3 N–H and O–H groups in total. The largest absolute Gasteiger partial charge is 0.472 e. The number of esters is 4. The van der Waals surface area contributed by atoms with Crippen molar-refractivity contribution in [1.82, 2.24) is 0 Å². The highest BCUT2D eigenvalue weighted by molar-refractivity contribution is 7.47. The first kappa shape index (κ1) is 99.2. The summed E-state index contributed by atoms with van der Waals surface area (Å²) in [5, 5.41) is 10.6. The molecule has 0 aliphatic rings. The van der Waals surface area contributed by atoms with E-state index in [2.05, 4.69) is 161 Å². The average Bonchev–Trinajstić information content (AvgIpc) is 0.911. The zero-order valence-corrected chi connectivity index (χ0v) is 66.9. The van der Waals surface area contributed by atoms with Crippen LogP contribution < -0.4 is 0 Å². The fraction of sp³-hybridized carbons (Fsp3) is 0.694. The van der Waals surface area contributed by atoms with E-state index in [0.717, 1.165) is 199 Å². The second-order valence-electron chi connectivity index (χ2n) is 26.6. The second kappa shape index (κ2) is 76.4. The molecule has 0 aliphatic heterocycles. The predicted molar refractivity (Wildman–Crippen MR) is 427 cm³/mol. The fourth-order valence-corrected chi connectivity index (χ4v) is 12.0. The summed E-state index contributed by atoms with van der Waals surface area (Å²) in [6.45, 7) is 4.56. The minimum Gasteiger partial charge on any atom is -0.462 e. The fourth-order valence-electron chi connectivity index (χ4n) is 10.5. The van der Waals surface area contributed by atoms with E-state index < -0.39 is 97.5 Å². The van der Waals surface area contributed by atoms with Gasteiger partial charge in [0.25, 0.3) is 0 Å². The van der Waals surface area contributed by atoms with Crippen molar-refractivity contribution in [3.8, 4) is 0 Å². The van der Waals surface area contributed by atoms with Gasteiger partial charge in [-0.05, 0) is 161 Å². The molecule has 0 aromatic carbocycles. The van der Waals surface area contributed by atoms with E-state index in [-0.39, 0.29) is 25.7 Å². The number of aliphatic hydroxyl groups excluding tert-OH is 1. The van der Waals surface area contributed by atoms with Crippen molar-refractivity contribution in [3.63, 3.8) is 0 Å². The van der Waals surface area contributed by atoms with Crippen LogP contribution in [0, 0.1) is 0 Å². The number of aliphatic hydroxyl groups is 1. The van der Waals surface area contributed by atoms with Gasteiger partial charge in [0.2, 0.25) is 0 Å². The van der Waals surface area contributed by atoms with Crippen LogP contribution in [0.5, 0.6) is 0 Å². The molecule has 5 unspecified atom stereocenters. The molecule has 0 aromatic heterocycles. The Labute approximate surface area is 631 Å². The Morgan fingerprint density at radius 1 is 0.279 bits per heavy atom. The van der Waals surface area contributed by atoms with Crippen LogP contribution >= 0.6 is 15.6 Å². The molecule has 0 bridgehead atoms. The first-order valence-electron chi connectivity index (χ1n) is 40.4. The molecule has 0 rings (SSSR count). The van der Waals surface area contributed by atoms with Crippen molar-refractivity contribution in [2.45, 2.75) is 341 Å². The third kappa shape index (κ3) is 75.4. The van der Waals surface area contributed by atoms with Crippen LogP contribution in [0.25, 0.3) is 0 Å². The molecule has 17 nitrogen and oxygen atoms in total. The number of allylic oxidation sites excluding steroid dienone is 22. The summed E-state index contributed by atoms with van der Waals surface area (Å²) in [6, 6.07) is 0. The Morgan fingerprint density at radius 3 is 0.798 bits per heavy atom. The number of carbonyl (C=O) groups excluding carboxylic acids is 4. The van der Waals surface area contributed by atoms with Crippen molar-refractivity contribution in [1.29, 1.82) is 0 Å². The van der Waals surface area contributed by atoms with Crippen molar-refractivity contribution >= 4 is 39.5 Å². The smallest absolute Gasteiger partial charge is 0.462 e. The summed E-state index contributed by atoms with van der Waals surface area (Å²) >= 11 is 0. The molecule has 596 valence electrons. The Morgan fingerprint density at radius 2 is 0.500 bits per heavy atom. The number of rotatable bonds is 75. The lowest BCUT2D eigenvalue weighted by atomic mass is 10.1. The zero-order valence-electron chi connectivity index (χ0n) is 65.2. The first-order valence-corrected chi connectivity index (χ1v) is 43.4. The maximum Gasteiger partial charge on any atom is 0.472 e. The summed E-state index contributed by atoms with van der Waals surface area (Å²) in [4.78, 5) is 73.1. The second-order valence-corrected chi connectivity index (χ2v) is 29.5. The lowest BCUT2D eigenvalue weighted by Gasteiger charge is -2.21. The average molecular weight is 1500 g/mol. The number of carbonyl (C=O) groups is 4. The Hall–Kier alpha value is -4.80. The van der Waals surface area contributed by atoms with E-state index >= 15 is 0 Å². The number of hydrogen-bond acceptors (Lipinski definition) is 15. The van der Waals surface area contributed by atoms with E-state index in [9.17, 15) is 43.2 Å². The molecule has 0 aromatic rings. The molecule has 104 heavy (non-hydrogen) atoms. The summed E-state index contributed by atoms with van der Waals surface area (Å²) < 4.78 is 68.6. The highest BCUT2D eigenvalue weighted by Crippen LogP contribution is 2.45. The number of ether oxygens (including phenoxy) is 4. The van der Waals surface area contributed by atoms with Gasteiger partial charge in [-0.25, -0.2) is 9.13 Å². The maximum atomic E-state index is 13.1. The number of unbranched alkanes of at least 4 members (excludes halogenated alkanes) is 27. The third-order valence-electron chi connectivity index (χ3n) is 16.6. The van der Waals surface area contributed by atoms with Gasteiger partial charge in [0.15, 0.2) is 12.2 Å². The SMILES string of the molecule is CC/C=C\C/C=C\C/C=C\C/C=C\CCCCCCCCC(=O)OCC(COP(=O)(O)OCC(O)COP(=O)(O)OCC(COC(=O)CCCCCC/C=C\C/C=C\C/C=C\C/C=C\CC)OC(=O)CCCCCCC/C=C\CCCCCC)OC(=O)CCCCCCC/C=C\C/C=C\CCCCC. The Bertz CT molecular complexity index is 2490. The zero-order chi connectivity index (χ0) is 76.0. The molecule has 0 aliphatic carbocycles. The Kier molecular flexibility index (Phi) is 72.9. The van der Waals surface area contributed by atoms with E-state index in [1.54, 1.807) is 0 Å². The normalized spacial score (nSPS) is 14.6. The van der Waals surface area contributed by atoms with Crippen LogP contribution in [0.2, 0.25) is 0 Å². The molecule has 19 heteroatoms. The number of hydrogen-bond donors (Lipinski definition) is 3. The van der Waals surface area contributed by atoms with Crippen molar-refractivity contribution in [2.75, 3.05) is 39.6 Å². The van der Waals surface area contributed by atoms with Gasteiger partial charge in [-0.2, -0.15) is 0 Å². The lowest BCUT2D eigenvalue weighted by Crippen LogP contribution is -2.30. The van der Waals surface area contributed by atoms with Crippen molar-refractivity contribution in [3.05, 3.63) is 134 Å². The minimum absolute atomic E-state index is 0.0724. The van der Waals surface area contributed by atoms with Crippen LogP contribution in [0.4, 0.5) is 0 Å². The molecule has 5 atom stereocenters. The van der Waals surface area contributed by atoms with Gasteiger partial charge >= 0.3 is 39.5 Å². The van der Waals surface area contributed by atoms with Gasteiger partial charge in [0.1, 0.15) is 19.3 Å². The van der Waals surface area contributed by atoms with Gasteiger partial charge in [-0.3, -0.25) is 37.3 Å². The summed E-state index contributed by atoms with van der Waals surface area (Å²) in [6.07, 6.45) is 85.6.